The summed E-state index contributed by atoms with van der Waals surface area (Å²) in [6.45, 7) is 0. The number of amides is 1. The topological polar surface area (TPSA) is 79.4 Å². The maximum Gasteiger partial charge on any atom is 0.242 e. The van der Waals surface area contributed by atoms with Crippen molar-refractivity contribution in [3.63, 3.8) is 0 Å². The van der Waals surface area contributed by atoms with Crippen LogP contribution in [0, 0.1) is 0 Å². The van der Waals surface area contributed by atoms with Crippen molar-refractivity contribution in [2.45, 2.75) is 17.2 Å². The number of carbonyl (C=O) groups excluding carboxylic acids is 1. The van der Waals surface area contributed by atoms with Gasteiger partial charge < -0.3 is 5.32 Å². The van der Waals surface area contributed by atoms with E-state index in [1.165, 1.54) is 35.8 Å². The lowest BCUT2D eigenvalue weighted by atomic mass is 9.88. The molecule has 4 aromatic rings. The first-order valence-corrected chi connectivity index (χ1v) is 12.3. The van der Waals surface area contributed by atoms with E-state index in [1.54, 1.807) is 12.1 Å². The van der Waals surface area contributed by atoms with Gasteiger partial charge in [-0.3, -0.25) is 4.79 Å². The predicted molar refractivity (Wildman–Crippen MR) is 128 cm³/mol. The van der Waals surface area contributed by atoms with Crippen molar-refractivity contribution in [3.05, 3.63) is 90.0 Å². The van der Waals surface area contributed by atoms with E-state index in [2.05, 4.69) is 10.3 Å². The van der Waals surface area contributed by atoms with Gasteiger partial charge in [0, 0.05) is 26.4 Å². The number of anilines is 1. The molecule has 8 heteroatoms. The summed E-state index contributed by atoms with van der Waals surface area (Å²) in [7, 11) is -0.547. The molecule has 0 fully saturated rings. The van der Waals surface area contributed by atoms with Crippen LogP contribution in [0.1, 0.15) is 23.5 Å². The molecule has 0 aliphatic rings. The molecular weight excluding hydrogens is 442 g/mol. The predicted octanol–water partition coefficient (Wildman–Crippen LogP) is 4.71. The maximum atomic E-state index is 12.9. The number of benzene rings is 3. The molecule has 1 heterocycles. The molecule has 6 nitrogen and oxygen atoms in total. The summed E-state index contributed by atoms with van der Waals surface area (Å²) in [6, 6.07) is 24.7. The van der Waals surface area contributed by atoms with Crippen LogP contribution in [-0.4, -0.2) is 37.7 Å². The number of hydrogen-bond donors (Lipinski definition) is 1. The lowest BCUT2D eigenvalue weighted by Gasteiger charge is -2.17. The van der Waals surface area contributed by atoms with Gasteiger partial charge in [0.15, 0.2) is 5.13 Å². The van der Waals surface area contributed by atoms with Gasteiger partial charge in [0.25, 0.3) is 0 Å². The normalized spacial score (nSPS) is 11.9. The first-order valence-electron chi connectivity index (χ1n) is 10.1. The third kappa shape index (κ3) is 4.72. The minimum absolute atomic E-state index is 0.0800. The third-order valence-electron chi connectivity index (χ3n) is 5.18. The molecule has 1 N–H and O–H groups in total. The van der Waals surface area contributed by atoms with Gasteiger partial charge in [-0.1, -0.05) is 72.0 Å². The van der Waals surface area contributed by atoms with Crippen molar-refractivity contribution >= 4 is 42.6 Å². The average Bonchev–Trinajstić information content (AvgIpc) is 3.20. The van der Waals surface area contributed by atoms with E-state index in [0.29, 0.717) is 15.3 Å². The fourth-order valence-corrected chi connectivity index (χ4v) is 5.41. The number of nitrogens with one attached hydrogen (secondary N) is 1. The highest BCUT2D eigenvalue weighted by Gasteiger charge is 2.21. The lowest BCUT2D eigenvalue weighted by Crippen LogP contribution is -2.22. The van der Waals surface area contributed by atoms with Gasteiger partial charge in [0.05, 0.1) is 15.1 Å². The zero-order chi connectivity index (χ0) is 22.7. The third-order valence-corrected chi connectivity index (χ3v) is 7.92. The van der Waals surface area contributed by atoms with Crippen LogP contribution < -0.4 is 5.32 Å². The van der Waals surface area contributed by atoms with Crippen molar-refractivity contribution < 1.29 is 13.2 Å². The van der Waals surface area contributed by atoms with Crippen molar-refractivity contribution in [1.29, 1.82) is 0 Å². The summed E-state index contributed by atoms with van der Waals surface area (Å²) in [5.74, 6) is -0.230. The van der Waals surface area contributed by atoms with Crippen LogP contribution >= 0.6 is 11.3 Å². The van der Waals surface area contributed by atoms with Gasteiger partial charge in [0.2, 0.25) is 15.9 Å². The van der Waals surface area contributed by atoms with Crippen molar-refractivity contribution in [2.24, 2.45) is 0 Å². The van der Waals surface area contributed by atoms with Crippen molar-refractivity contribution in [1.82, 2.24) is 9.29 Å². The Hall–Kier alpha value is -3.07. The minimum Gasteiger partial charge on any atom is -0.302 e. The van der Waals surface area contributed by atoms with E-state index in [4.69, 9.17) is 0 Å². The zero-order valence-corrected chi connectivity index (χ0v) is 19.4. The highest BCUT2D eigenvalue weighted by molar-refractivity contribution is 7.89. The summed E-state index contributed by atoms with van der Waals surface area (Å²) < 4.78 is 26.7. The number of fused-ring (bicyclic) bond motifs is 1. The van der Waals surface area contributed by atoms with E-state index in [0.717, 1.165) is 11.1 Å². The fourth-order valence-electron chi connectivity index (χ4n) is 3.48. The number of aromatic nitrogens is 1. The summed E-state index contributed by atoms with van der Waals surface area (Å²) in [6.07, 6.45) is 0.268. The van der Waals surface area contributed by atoms with E-state index in [-0.39, 0.29) is 23.1 Å². The Bertz CT molecular complexity index is 1300. The second-order valence-corrected chi connectivity index (χ2v) is 10.7. The molecule has 0 atom stereocenters. The summed E-state index contributed by atoms with van der Waals surface area (Å²) >= 11 is 1.26. The first-order chi connectivity index (χ1) is 15.3. The molecule has 0 unspecified atom stereocenters. The Labute approximate surface area is 191 Å². The molecule has 3 aromatic carbocycles. The summed E-state index contributed by atoms with van der Waals surface area (Å²) in [4.78, 5) is 17.6. The quantitative estimate of drug-likeness (QED) is 0.429. The van der Waals surface area contributed by atoms with Gasteiger partial charge in [-0.15, -0.1) is 0 Å². The minimum atomic E-state index is -3.53. The standard InChI is InChI=1S/C24H23N3O3S2/c1-27(2)32(29,30)19-13-14-21-22(15-19)31-24(25-21)26-23(28)16-20(17-9-5-3-6-10-17)18-11-7-4-8-12-18/h3-15,20H,16H2,1-2H3,(H,25,26,28). The molecule has 164 valence electrons. The molecule has 0 aliphatic carbocycles. The Morgan fingerprint density at radius 1 is 0.969 bits per heavy atom. The first kappa shape index (κ1) is 22.1. The van der Waals surface area contributed by atoms with Crippen LogP contribution in [0.2, 0.25) is 0 Å². The number of sulfonamides is 1. The highest BCUT2D eigenvalue weighted by Crippen LogP contribution is 2.31. The largest absolute Gasteiger partial charge is 0.302 e. The molecule has 0 saturated carbocycles. The zero-order valence-electron chi connectivity index (χ0n) is 17.7. The van der Waals surface area contributed by atoms with Crippen LogP contribution in [0.15, 0.2) is 83.8 Å². The Morgan fingerprint density at radius 2 is 1.56 bits per heavy atom. The number of thiazole rings is 1. The Balaban J connectivity index is 1.56. The molecule has 0 saturated heterocycles. The van der Waals surface area contributed by atoms with E-state index < -0.39 is 10.0 Å². The van der Waals surface area contributed by atoms with Gasteiger partial charge in [-0.2, -0.15) is 0 Å². The van der Waals surface area contributed by atoms with Crippen LogP contribution in [0.3, 0.4) is 0 Å². The average molecular weight is 466 g/mol. The number of hydrogen-bond acceptors (Lipinski definition) is 5. The maximum absolute atomic E-state index is 12.9. The Morgan fingerprint density at radius 3 is 2.12 bits per heavy atom. The van der Waals surface area contributed by atoms with Gasteiger partial charge in [0.1, 0.15) is 0 Å². The number of rotatable bonds is 7. The summed E-state index contributed by atoms with van der Waals surface area (Å²) in [5.41, 5.74) is 2.78. The van der Waals surface area contributed by atoms with Crippen molar-refractivity contribution in [2.75, 3.05) is 19.4 Å². The molecule has 1 aromatic heterocycles. The van der Waals surface area contributed by atoms with E-state index in [1.807, 2.05) is 60.7 Å². The fraction of sp³-hybridized carbons (Fsp3) is 0.167. The van der Waals surface area contributed by atoms with Gasteiger partial charge in [-0.25, -0.2) is 17.7 Å². The lowest BCUT2D eigenvalue weighted by molar-refractivity contribution is -0.116. The molecule has 0 aliphatic heterocycles. The van der Waals surface area contributed by atoms with Crippen LogP contribution in [-0.2, 0) is 14.8 Å². The second-order valence-electron chi connectivity index (χ2n) is 7.56. The van der Waals surface area contributed by atoms with Gasteiger partial charge >= 0.3 is 0 Å². The van der Waals surface area contributed by atoms with Crippen LogP contribution in [0.25, 0.3) is 10.2 Å². The second kappa shape index (κ2) is 9.20. The van der Waals surface area contributed by atoms with E-state index >= 15 is 0 Å². The van der Waals surface area contributed by atoms with E-state index in [9.17, 15) is 13.2 Å². The molecule has 4 rings (SSSR count). The monoisotopic (exact) mass is 465 g/mol. The smallest absolute Gasteiger partial charge is 0.242 e. The van der Waals surface area contributed by atoms with Gasteiger partial charge in [-0.05, 0) is 29.3 Å². The SMILES string of the molecule is CN(C)S(=O)(=O)c1ccc2nc(NC(=O)CC(c3ccccc3)c3ccccc3)sc2c1. The molecule has 0 spiro atoms. The molecule has 32 heavy (non-hydrogen) atoms. The summed E-state index contributed by atoms with van der Waals surface area (Å²) in [5, 5.41) is 3.34. The van der Waals surface area contributed by atoms with Crippen LogP contribution in [0.5, 0.6) is 0 Å². The Kier molecular flexibility index (Phi) is 6.36. The molecule has 1 amide bonds. The number of carbonyl (C=O) groups is 1. The molecule has 0 bridgehead atoms. The highest BCUT2D eigenvalue weighted by atomic mass is 32.2. The van der Waals surface area contributed by atoms with Crippen molar-refractivity contribution in [3.8, 4) is 0 Å². The van der Waals surface area contributed by atoms with Crippen LogP contribution in [0.4, 0.5) is 5.13 Å². The molecule has 0 radical (unpaired) electrons. The molecular formula is C24H23N3O3S2. The number of nitrogens with zero attached hydrogens (tertiary/aromatic N) is 2.